The molecule has 2 aromatic carbocycles. The second-order valence-corrected chi connectivity index (χ2v) is 4.78. The summed E-state index contributed by atoms with van der Waals surface area (Å²) in [6.07, 6.45) is 0.790. The standard InChI is InChI=1S/C14H13Cl2N/c15-12-7-6-11(9-13(12)16)14(17)8-10-4-2-1-3-5-10/h1-7,9,14H,8,17H2. The predicted molar refractivity (Wildman–Crippen MR) is 73.5 cm³/mol. The molecule has 0 heterocycles. The lowest BCUT2D eigenvalue weighted by Crippen LogP contribution is -2.13. The van der Waals surface area contributed by atoms with E-state index in [1.54, 1.807) is 6.07 Å². The fourth-order valence-electron chi connectivity index (χ4n) is 1.73. The molecule has 0 aliphatic carbocycles. The van der Waals surface area contributed by atoms with Gasteiger partial charge in [0.05, 0.1) is 10.0 Å². The maximum atomic E-state index is 6.14. The molecule has 0 radical (unpaired) electrons. The molecule has 1 nitrogen and oxygen atoms in total. The van der Waals surface area contributed by atoms with Crippen molar-refractivity contribution in [3.05, 3.63) is 69.7 Å². The van der Waals surface area contributed by atoms with Gasteiger partial charge in [0.1, 0.15) is 0 Å². The van der Waals surface area contributed by atoms with Crippen LogP contribution in [0.15, 0.2) is 48.5 Å². The quantitative estimate of drug-likeness (QED) is 0.883. The lowest BCUT2D eigenvalue weighted by atomic mass is 10.00. The zero-order valence-electron chi connectivity index (χ0n) is 9.24. The second kappa shape index (κ2) is 5.54. The SMILES string of the molecule is NC(Cc1ccccc1)c1ccc(Cl)c(Cl)c1. The molecule has 0 saturated heterocycles. The summed E-state index contributed by atoms with van der Waals surface area (Å²) < 4.78 is 0. The number of hydrogen-bond acceptors (Lipinski definition) is 1. The molecule has 2 aromatic rings. The number of nitrogens with two attached hydrogens (primary N) is 1. The highest BCUT2D eigenvalue weighted by Gasteiger charge is 2.08. The summed E-state index contributed by atoms with van der Waals surface area (Å²) in [7, 11) is 0. The minimum absolute atomic E-state index is 0.0628. The van der Waals surface area contributed by atoms with Gasteiger partial charge in [-0.3, -0.25) is 0 Å². The van der Waals surface area contributed by atoms with Crippen molar-refractivity contribution in [2.75, 3.05) is 0 Å². The Labute approximate surface area is 111 Å². The minimum Gasteiger partial charge on any atom is -0.324 e. The van der Waals surface area contributed by atoms with Gasteiger partial charge < -0.3 is 5.73 Å². The predicted octanol–water partition coefficient (Wildman–Crippen LogP) is 4.24. The van der Waals surface area contributed by atoms with Gasteiger partial charge in [-0.1, -0.05) is 59.6 Å². The maximum Gasteiger partial charge on any atom is 0.0595 e. The third kappa shape index (κ3) is 3.22. The van der Waals surface area contributed by atoms with Crippen LogP contribution in [-0.4, -0.2) is 0 Å². The van der Waals surface area contributed by atoms with Crippen LogP contribution >= 0.6 is 23.2 Å². The molecule has 0 spiro atoms. The van der Waals surface area contributed by atoms with Crippen molar-refractivity contribution in [3.63, 3.8) is 0 Å². The molecular weight excluding hydrogens is 253 g/mol. The first-order valence-corrected chi connectivity index (χ1v) is 6.17. The molecule has 3 heteroatoms. The van der Waals surface area contributed by atoms with Crippen LogP contribution in [0.1, 0.15) is 17.2 Å². The van der Waals surface area contributed by atoms with Crippen LogP contribution in [0.25, 0.3) is 0 Å². The van der Waals surface area contributed by atoms with E-state index in [2.05, 4.69) is 12.1 Å². The molecule has 0 aromatic heterocycles. The summed E-state index contributed by atoms with van der Waals surface area (Å²) in [5.74, 6) is 0. The number of benzene rings is 2. The van der Waals surface area contributed by atoms with Crippen molar-refractivity contribution in [3.8, 4) is 0 Å². The third-order valence-electron chi connectivity index (χ3n) is 2.67. The van der Waals surface area contributed by atoms with Gasteiger partial charge in [0, 0.05) is 6.04 Å². The molecule has 0 fully saturated rings. The summed E-state index contributed by atoms with van der Waals surface area (Å²) >= 11 is 11.8. The molecule has 0 saturated carbocycles. The van der Waals surface area contributed by atoms with Crippen LogP contribution in [0.4, 0.5) is 0 Å². The molecule has 2 rings (SSSR count). The van der Waals surface area contributed by atoms with Gasteiger partial charge >= 0.3 is 0 Å². The third-order valence-corrected chi connectivity index (χ3v) is 3.41. The number of hydrogen-bond donors (Lipinski definition) is 1. The van der Waals surface area contributed by atoms with Crippen molar-refractivity contribution in [2.24, 2.45) is 5.73 Å². The highest BCUT2D eigenvalue weighted by molar-refractivity contribution is 6.42. The Morgan fingerprint density at radius 1 is 0.941 bits per heavy atom. The van der Waals surface area contributed by atoms with Gasteiger partial charge in [-0.05, 0) is 29.7 Å². The molecule has 0 bridgehead atoms. The van der Waals surface area contributed by atoms with Crippen molar-refractivity contribution in [2.45, 2.75) is 12.5 Å². The van der Waals surface area contributed by atoms with Gasteiger partial charge in [-0.25, -0.2) is 0 Å². The average Bonchev–Trinajstić information content (AvgIpc) is 2.34. The van der Waals surface area contributed by atoms with Crippen LogP contribution in [0.2, 0.25) is 10.0 Å². The highest BCUT2D eigenvalue weighted by Crippen LogP contribution is 2.26. The van der Waals surface area contributed by atoms with E-state index in [0.717, 1.165) is 12.0 Å². The van der Waals surface area contributed by atoms with Crippen molar-refractivity contribution in [1.29, 1.82) is 0 Å². The summed E-state index contributed by atoms with van der Waals surface area (Å²) in [5.41, 5.74) is 8.36. The van der Waals surface area contributed by atoms with Crippen LogP contribution in [0.5, 0.6) is 0 Å². The summed E-state index contributed by atoms with van der Waals surface area (Å²) in [6.45, 7) is 0. The maximum absolute atomic E-state index is 6.14. The van der Waals surface area contributed by atoms with E-state index in [0.29, 0.717) is 10.0 Å². The van der Waals surface area contributed by atoms with Gasteiger partial charge in [-0.2, -0.15) is 0 Å². The molecule has 1 atom stereocenters. The normalized spacial score (nSPS) is 12.4. The lowest BCUT2D eigenvalue weighted by Gasteiger charge is -2.12. The first-order chi connectivity index (χ1) is 8.16. The van der Waals surface area contributed by atoms with Crippen molar-refractivity contribution < 1.29 is 0 Å². The molecule has 1 unspecified atom stereocenters. The molecule has 88 valence electrons. The van der Waals surface area contributed by atoms with E-state index in [4.69, 9.17) is 28.9 Å². The molecule has 17 heavy (non-hydrogen) atoms. The highest BCUT2D eigenvalue weighted by atomic mass is 35.5. The Bertz CT molecular complexity index is 497. The minimum atomic E-state index is -0.0628. The Morgan fingerprint density at radius 2 is 1.65 bits per heavy atom. The molecule has 0 aliphatic heterocycles. The van der Waals surface area contributed by atoms with E-state index in [-0.39, 0.29) is 6.04 Å². The van der Waals surface area contributed by atoms with Crippen molar-refractivity contribution in [1.82, 2.24) is 0 Å². The Kier molecular flexibility index (Phi) is 4.06. The fourth-order valence-corrected chi connectivity index (χ4v) is 2.04. The Balaban J connectivity index is 2.14. The van der Waals surface area contributed by atoms with E-state index < -0.39 is 0 Å². The van der Waals surface area contributed by atoms with E-state index in [9.17, 15) is 0 Å². The van der Waals surface area contributed by atoms with Gasteiger partial charge in [-0.15, -0.1) is 0 Å². The zero-order chi connectivity index (χ0) is 12.3. The molecule has 0 amide bonds. The lowest BCUT2D eigenvalue weighted by molar-refractivity contribution is 0.722. The summed E-state index contributed by atoms with van der Waals surface area (Å²) in [4.78, 5) is 0. The summed E-state index contributed by atoms with van der Waals surface area (Å²) in [6, 6.07) is 15.6. The van der Waals surface area contributed by atoms with Crippen LogP contribution < -0.4 is 5.73 Å². The smallest absolute Gasteiger partial charge is 0.0595 e. The van der Waals surface area contributed by atoms with E-state index >= 15 is 0 Å². The Hall–Kier alpha value is -1.02. The van der Waals surface area contributed by atoms with Gasteiger partial charge in [0.25, 0.3) is 0 Å². The monoisotopic (exact) mass is 265 g/mol. The largest absolute Gasteiger partial charge is 0.324 e. The second-order valence-electron chi connectivity index (χ2n) is 3.97. The van der Waals surface area contributed by atoms with Crippen LogP contribution in [0, 0.1) is 0 Å². The molecule has 2 N–H and O–H groups in total. The Morgan fingerprint density at radius 3 is 2.29 bits per heavy atom. The molecular formula is C14H13Cl2N. The van der Waals surface area contributed by atoms with Crippen LogP contribution in [-0.2, 0) is 6.42 Å². The topological polar surface area (TPSA) is 26.0 Å². The first kappa shape index (κ1) is 12.4. The van der Waals surface area contributed by atoms with E-state index in [1.807, 2.05) is 30.3 Å². The van der Waals surface area contributed by atoms with Gasteiger partial charge in [0.2, 0.25) is 0 Å². The van der Waals surface area contributed by atoms with E-state index in [1.165, 1.54) is 5.56 Å². The van der Waals surface area contributed by atoms with Gasteiger partial charge in [0.15, 0.2) is 0 Å². The van der Waals surface area contributed by atoms with Crippen molar-refractivity contribution >= 4 is 23.2 Å². The number of rotatable bonds is 3. The molecule has 0 aliphatic rings. The van der Waals surface area contributed by atoms with Crippen LogP contribution in [0.3, 0.4) is 0 Å². The number of halogens is 2. The average molecular weight is 266 g/mol. The fraction of sp³-hybridized carbons (Fsp3) is 0.143. The first-order valence-electron chi connectivity index (χ1n) is 5.41. The summed E-state index contributed by atoms with van der Waals surface area (Å²) in [5, 5.41) is 1.11. The zero-order valence-corrected chi connectivity index (χ0v) is 10.7.